The van der Waals surface area contributed by atoms with Crippen molar-refractivity contribution in [1.29, 1.82) is 0 Å². The molecule has 0 bridgehead atoms. The Labute approximate surface area is 55.0 Å². The Hall–Kier alpha value is -0.150. The number of hydrogen-bond acceptors (Lipinski definition) is 2. The quantitative estimate of drug-likeness (QED) is 0.534. The zero-order chi connectivity index (χ0) is 6.85. The van der Waals surface area contributed by atoms with Crippen LogP contribution >= 0.6 is 0 Å². The van der Waals surface area contributed by atoms with Gasteiger partial charge in [-0.05, 0) is 14.1 Å². The molecular formula is C6H13FN2. The number of likely N-dealkylation sites (N-methyl/N-ethyl adjacent to an activating group) is 2. The van der Waals surface area contributed by atoms with Crippen molar-refractivity contribution in [3.8, 4) is 0 Å². The first kappa shape index (κ1) is 6.96. The van der Waals surface area contributed by atoms with Crippen LogP contribution < -0.4 is 5.32 Å². The second-order valence-corrected chi connectivity index (χ2v) is 2.63. The van der Waals surface area contributed by atoms with E-state index in [1.54, 1.807) is 7.05 Å². The Morgan fingerprint density at radius 3 is 2.44 bits per heavy atom. The number of halogens is 1. The van der Waals surface area contributed by atoms with Crippen LogP contribution in [0.1, 0.15) is 0 Å². The van der Waals surface area contributed by atoms with E-state index in [-0.39, 0.29) is 6.04 Å². The summed E-state index contributed by atoms with van der Waals surface area (Å²) >= 11 is 0. The summed E-state index contributed by atoms with van der Waals surface area (Å²) in [6.45, 7) is 1.41. The fraction of sp³-hybridized carbons (Fsp3) is 1.00. The number of nitrogens with zero attached hydrogens (tertiary/aromatic N) is 1. The third-order valence-electron chi connectivity index (χ3n) is 1.80. The van der Waals surface area contributed by atoms with Gasteiger partial charge in [0, 0.05) is 13.1 Å². The van der Waals surface area contributed by atoms with E-state index in [0.717, 1.165) is 6.54 Å². The highest BCUT2D eigenvalue weighted by Crippen LogP contribution is 2.09. The lowest BCUT2D eigenvalue weighted by Gasteiger charge is -2.08. The normalized spacial score (nSPS) is 37.7. The van der Waals surface area contributed by atoms with Gasteiger partial charge in [-0.2, -0.15) is 0 Å². The van der Waals surface area contributed by atoms with Crippen LogP contribution in [-0.2, 0) is 0 Å². The SMILES string of the molecule is CN[C@@H]1CN(C)C[C@@H]1F. The minimum atomic E-state index is -0.681. The minimum absolute atomic E-state index is 0.0509. The van der Waals surface area contributed by atoms with Crippen molar-refractivity contribution in [3.63, 3.8) is 0 Å². The molecule has 0 aromatic carbocycles. The third-order valence-corrected chi connectivity index (χ3v) is 1.80. The lowest BCUT2D eigenvalue weighted by Crippen LogP contribution is -2.33. The predicted octanol–water partition coefficient (Wildman–Crippen LogP) is -0.142. The van der Waals surface area contributed by atoms with Gasteiger partial charge in [0.2, 0.25) is 0 Å². The first-order chi connectivity index (χ1) is 4.24. The molecule has 0 spiro atoms. The van der Waals surface area contributed by atoms with E-state index in [2.05, 4.69) is 5.32 Å². The van der Waals surface area contributed by atoms with Crippen LogP contribution in [0.3, 0.4) is 0 Å². The van der Waals surface area contributed by atoms with Gasteiger partial charge < -0.3 is 10.2 Å². The van der Waals surface area contributed by atoms with Crippen molar-refractivity contribution < 1.29 is 4.39 Å². The Morgan fingerprint density at radius 2 is 2.22 bits per heavy atom. The maximum Gasteiger partial charge on any atom is 0.129 e. The van der Waals surface area contributed by atoms with Gasteiger partial charge in [-0.1, -0.05) is 0 Å². The Morgan fingerprint density at radius 1 is 1.56 bits per heavy atom. The second kappa shape index (κ2) is 2.62. The van der Waals surface area contributed by atoms with E-state index in [9.17, 15) is 4.39 Å². The molecule has 9 heavy (non-hydrogen) atoms. The molecule has 1 saturated heterocycles. The van der Waals surface area contributed by atoms with Crippen LogP contribution in [0, 0.1) is 0 Å². The number of hydrogen-bond donors (Lipinski definition) is 1. The van der Waals surface area contributed by atoms with Crippen molar-refractivity contribution in [3.05, 3.63) is 0 Å². The van der Waals surface area contributed by atoms with Gasteiger partial charge in [0.1, 0.15) is 6.17 Å². The topological polar surface area (TPSA) is 15.3 Å². The zero-order valence-corrected chi connectivity index (χ0v) is 5.89. The molecule has 0 radical (unpaired) electrons. The van der Waals surface area contributed by atoms with Gasteiger partial charge in [0.15, 0.2) is 0 Å². The summed E-state index contributed by atoms with van der Waals surface area (Å²) in [7, 11) is 3.74. The Kier molecular flexibility index (Phi) is 2.03. The standard InChI is InChI=1S/C6H13FN2/c1-8-6-4-9(2)3-5(6)7/h5-6,8H,3-4H2,1-2H3/t5-,6+/m0/s1. The summed E-state index contributed by atoms with van der Waals surface area (Å²) in [5, 5.41) is 2.93. The van der Waals surface area contributed by atoms with Crippen LogP contribution in [0.5, 0.6) is 0 Å². The van der Waals surface area contributed by atoms with Crippen LogP contribution in [-0.4, -0.2) is 44.3 Å². The first-order valence-corrected chi connectivity index (χ1v) is 3.24. The van der Waals surface area contributed by atoms with Crippen molar-refractivity contribution in [2.45, 2.75) is 12.2 Å². The van der Waals surface area contributed by atoms with Crippen molar-refractivity contribution in [1.82, 2.24) is 10.2 Å². The molecule has 0 amide bonds. The summed E-state index contributed by atoms with van der Waals surface area (Å²) < 4.78 is 12.7. The highest BCUT2D eigenvalue weighted by atomic mass is 19.1. The lowest BCUT2D eigenvalue weighted by atomic mass is 10.2. The highest BCUT2D eigenvalue weighted by molar-refractivity contribution is 4.86. The highest BCUT2D eigenvalue weighted by Gasteiger charge is 2.28. The molecule has 0 aliphatic carbocycles. The van der Waals surface area contributed by atoms with Crippen molar-refractivity contribution in [2.24, 2.45) is 0 Å². The summed E-state index contributed by atoms with van der Waals surface area (Å²) in [6, 6.07) is 0.0509. The molecule has 2 nitrogen and oxygen atoms in total. The fourth-order valence-electron chi connectivity index (χ4n) is 1.22. The summed E-state index contributed by atoms with van der Waals surface area (Å²) in [5.41, 5.74) is 0. The molecule has 1 aliphatic heterocycles. The summed E-state index contributed by atoms with van der Waals surface area (Å²) in [5.74, 6) is 0. The Bertz CT molecular complexity index is 97.1. The molecule has 2 atom stereocenters. The second-order valence-electron chi connectivity index (χ2n) is 2.63. The largest absolute Gasteiger partial charge is 0.313 e. The molecule has 1 fully saturated rings. The van der Waals surface area contributed by atoms with Gasteiger partial charge in [-0.3, -0.25) is 0 Å². The monoisotopic (exact) mass is 132 g/mol. The van der Waals surface area contributed by atoms with Gasteiger partial charge in [0.05, 0.1) is 6.04 Å². The molecule has 1 heterocycles. The molecule has 0 saturated carbocycles. The maximum absolute atomic E-state index is 12.7. The van der Waals surface area contributed by atoms with E-state index in [0.29, 0.717) is 6.54 Å². The van der Waals surface area contributed by atoms with Gasteiger partial charge in [-0.15, -0.1) is 0 Å². The maximum atomic E-state index is 12.7. The minimum Gasteiger partial charge on any atom is -0.313 e. The number of rotatable bonds is 1. The molecule has 3 heteroatoms. The van der Waals surface area contributed by atoms with Crippen LogP contribution in [0.15, 0.2) is 0 Å². The molecule has 54 valence electrons. The van der Waals surface area contributed by atoms with Gasteiger partial charge in [0.25, 0.3) is 0 Å². The van der Waals surface area contributed by atoms with Crippen LogP contribution in [0.4, 0.5) is 4.39 Å². The summed E-state index contributed by atoms with van der Waals surface area (Å²) in [6.07, 6.45) is -0.681. The molecule has 1 N–H and O–H groups in total. The average molecular weight is 132 g/mol. The Balaban J connectivity index is 2.38. The van der Waals surface area contributed by atoms with E-state index >= 15 is 0 Å². The lowest BCUT2D eigenvalue weighted by molar-refractivity contribution is 0.297. The summed E-state index contributed by atoms with van der Waals surface area (Å²) in [4.78, 5) is 1.99. The molecule has 0 aromatic heterocycles. The molecule has 1 aliphatic rings. The third kappa shape index (κ3) is 1.40. The number of nitrogens with one attached hydrogen (secondary N) is 1. The molecule has 1 rings (SSSR count). The van der Waals surface area contributed by atoms with Crippen molar-refractivity contribution >= 4 is 0 Å². The fourth-order valence-corrected chi connectivity index (χ4v) is 1.22. The van der Waals surface area contributed by atoms with Crippen LogP contribution in [0.25, 0.3) is 0 Å². The van der Waals surface area contributed by atoms with E-state index in [1.165, 1.54) is 0 Å². The predicted molar refractivity (Wildman–Crippen MR) is 35.2 cm³/mol. The van der Waals surface area contributed by atoms with Gasteiger partial charge in [-0.25, -0.2) is 4.39 Å². The molecular weight excluding hydrogens is 119 g/mol. The first-order valence-electron chi connectivity index (χ1n) is 3.24. The molecule has 0 aromatic rings. The molecule has 0 unspecified atom stereocenters. The zero-order valence-electron chi connectivity index (χ0n) is 5.89. The van der Waals surface area contributed by atoms with Crippen molar-refractivity contribution in [2.75, 3.05) is 27.2 Å². The van der Waals surface area contributed by atoms with Crippen LogP contribution in [0.2, 0.25) is 0 Å². The van der Waals surface area contributed by atoms with E-state index in [1.807, 2.05) is 11.9 Å². The number of likely N-dealkylation sites (tertiary alicyclic amines) is 1. The average Bonchev–Trinajstić information content (AvgIpc) is 2.10. The van der Waals surface area contributed by atoms with E-state index in [4.69, 9.17) is 0 Å². The van der Waals surface area contributed by atoms with Gasteiger partial charge >= 0.3 is 0 Å². The van der Waals surface area contributed by atoms with E-state index < -0.39 is 6.17 Å². The number of alkyl halides is 1. The smallest absolute Gasteiger partial charge is 0.129 e.